The number of anilines is 2. The third-order valence-electron chi connectivity index (χ3n) is 3.80. The van der Waals surface area contributed by atoms with Crippen molar-refractivity contribution in [2.75, 3.05) is 23.7 Å². The molecule has 0 aliphatic rings. The van der Waals surface area contributed by atoms with Crippen LogP contribution in [0.15, 0.2) is 12.1 Å². The fourth-order valence-electron chi connectivity index (χ4n) is 2.33. The second-order valence-electron chi connectivity index (χ2n) is 5.30. The van der Waals surface area contributed by atoms with Gasteiger partial charge in [-0.15, -0.1) is 0 Å². The number of aryl methyl sites for hydroxylation is 1. The van der Waals surface area contributed by atoms with Crippen LogP contribution in [0.25, 0.3) is 0 Å². The van der Waals surface area contributed by atoms with Gasteiger partial charge in [-0.25, -0.2) is 0 Å². The van der Waals surface area contributed by atoms with Crippen LogP contribution in [0.5, 0.6) is 0 Å². The van der Waals surface area contributed by atoms with E-state index in [1.807, 2.05) is 26.8 Å². The molecule has 0 bridgehead atoms. The van der Waals surface area contributed by atoms with Gasteiger partial charge in [-0.2, -0.15) is 0 Å². The Bertz CT molecular complexity index is 554. The van der Waals surface area contributed by atoms with Gasteiger partial charge in [0.05, 0.1) is 0 Å². The van der Waals surface area contributed by atoms with Crippen LogP contribution in [-0.4, -0.2) is 36.0 Å². The van der Waals surface area contributed by atoms with Crippen molar-refractivity contribution in [2.24, 2.45) is 5.73 Å². The number of benzene rings is 1. The number of hydrogen-bond donors (Lipinski definition) is 3. The molecule has 1 aromatic carbocycles. The summed E-state index contributed by atoms with van der Waals surface area (Å²) in [4.78, 5) is 25.2. The Morgan fingerprint density at radius 2 is 1.86 bits per heavy atom. The molecule has 6 nitrogen and oxygen atoms in total. The Kier molecular flexibility index (Phi) is 6.37. The summed E-state index contributed by atoms with van der Waals surface area (Å²) in [5.41, 5.74) is 14.1. The molecule has 0 aliphatic carbocycles. The summed E-state index contributed by atoms with van der Waals surface area (Å²) in [5, 5.41) is 8.78. The first-order chi connectivity index (χ1) is 10.3. The highest BCUT2D eigenvalue weighted by Gasteiger charge is 2.18. The van der Waals surface area contributed by atoms with Crippen molar-refractivity contribution < 1.29 is 14.7 Å². The molecule has 1 aromatic rings. The van der Waals surface area contributed by atoms with E-state index in [1.165, 1.54) is 0 Å². The van der Waals surface area contributed by atoms with Gasteiger partial charge in [-0.1, -0.05) is 0 Å². The van der Waals surface area contributed by atoms with Gasteiger partial charge in [0, 0.05) is 36.4 Å². The summed E-state index contributed by atoms with van der Waals surface area (Å²) in [7, 11) is 0. The van der Waals surface area contributed by atoms with Gasteiger partial charge in [-0.05, 0) is 44.9 Å². The van der Waals surface area contributed by atoms with Gasteiger partial charge < -0.3 is 21.5 Å². The van der Waals surface area contributed by atoms with E-state index in [4.69, 9.17) is 16.6 Å². The summed E-state index contributed by atoms with van der Waals surface area (Å²) in [6.45, 7) is 7.61. The molecule has 0 aromatic heterocycles. The predicted octanol–water partition coefficient (Wildman–Crippen LogP) is 1.80. The van der Waals surface area contributed by atoms with Crippen molar-refractivity contribution in [1.82, 2.24) is 0 Å². The monoisotopic (exact) mass is 307 g/mol. The van der Waals surface area contributed by atoms with Gasteiger partial charge in [-0.3, -0.25) is 9.59 Å². The molecule has 5 N–H and O–H groups in total. The van der Waals surface area contributed by atoms with Gasteiger partial charge in [0.2, 0.25) is 0 Å². The molecular formula is C16H25N3O3. The maximum Gasteiger partial charge on any atom is 0.320 e. The first-order valence-electron chi connectivity index (χ1n) is 7.48. The lowest BCUT2D eigenvalue weighted by molar-refractivity contribution is -0.138. The van der Waals surface area contributed by atoms with Crippen LogP contribution < -0.4 is 16.4 Å². The number of nitrogens with zero attached hydrogens (tertiary/aromatic N) is 1. The topological polar surface area (TPSA) is 110 Å². The number of Topliss-reactive ketones (excluding diaryl/α,β-unsaturated/α-hetero) is 1. The number of hydrogen-bond acceptors (Lipinski definition) is 5. The van der Waals surface area contributed by atoms with Crippen LogP contribution >= 0.6 is 0 Å². The molecule has 1 rings (SSSR count). The summed E-state index contributed by atoms with van der Waals surface area (Å²) in [6, 6.07) is 2.71. The summed E-state index contributed by atoms with van der Waals surface area (Å²) >= 11 is 0. The SMILES string of the molecule is CCN(CC)c1cc(C)c(N)c(C(=O)CCC(N)C(=O)O)c1. The second kappa shape index (κ2) is 7.79. The molecular weight excluding hydrogens is 282 g/mol. The number of carboxylic acids is 1. The Balaban J connectivity index is 3.02. The molecule has 22 heavy (non-hydrogen) atoms. The van der Waals surface area contributed by atoms with E-state index in [9.17, 15) is 9.59 Å². The van der Waals surface area contributed by atoms with E-state index in [2.05, 4.69) is 4.90 Å². The fourth-order valence-corrected chi connectivity index (χ4v) is 2.33. The van der Waals surface area contributed by atoms with Crippen LogP contribution in [0, 0.1) is 6.92 Å². The highest BCUT2D eigenvalue weighted by molar-refractivity contribution is 6.02. The van der Waals surface area contributed by atoms with Crippen LogP contribution in [0.1, 0.15) is 42.6 Å². The highest BCUT2D eigenvalue weighted by atomic mass is 16.4. The lowest BCUT2D eigenvalue weighted by atomic mass is 9.98. The minimum absolute atomic E-state index is 0.0683. The van der Waals surface area contributed by atoms with Crippen molar-refractivity contribution >= 4 is 23.1 Å². The van der Waals surface area contributed by atoms with E-state index in [0.717, 1.165) is 24.3 Å². The van der Waals surface area contributed by atoms with Crippen LogP contribution in [0.4, 0.5) is 11.4 Å². The average Bonchev–Trinajstić information content (AvgIpc) is 2.48. The summed E-state index contributed by atoms with van der Waals surface area (Å²) in [6.07, 6.45) is 0.168. The first-order valence-corrected chi connectivity index (χ1v) is 7.48. The Morgan fingerprint density at radius 1 is 1.27 bits per heavy atom. The second-order valence-corrected chi connectivity index (χ2v) is 5.30. The number of rotatable bonds is 8. The minimum atomic E-state index is -1.10. The quantitative estimate of drug-likeness (QED) is 0.499. The zero-order valence-corrected chi connectivity index (χ0v) is 13.4. The normalized spacial score (nSPS) is 12.0. The Morgan fingerprint density at radius 3 is 2.36 bits per heavy atom. The van der Waals surface area contributed by atoms with E-state index in [-0.39, 0.29) is 18.6 Å². The van der Waals surface area contributed by atoms with Gasteiger partial charge in [0.25, 0.3) is 0 Å². The van der Waals surface area contributed by atoms with Crippen molar-refractivity contribution in [3.8, 4) is 0 Å². The van der Waals surface area contributed by atoms with Crippen molar-refractivity contribution in [3.05, 3.63) is 23.3 Å². The lowest BCUT2D eigenvalue weighted by Gasteiger charge is -2.23. The van der Waals surface area contributed by atoms with Crippen molar-refractivity contribution in [3.63, 3.8) is 0 Å². The summed E-state index contributed by atoms with van der Waals surface area (Å²) in [5.74, 6) is -1.28. The molecule has 122 valence electrons. The molecule has 0 aliphatic heterocycles. The number of ketones is 1. The molecule has 1 unspecified atom stereocenters. The Labute approximate surface area is 131 Å². The van der Waals surface area contributed by atoms with Crippen LogP contribution in [0.3, 0.4) is 0 Å². The average molecular weight is 307 g/mol. The Hall–Kier alpha value is -2.08. The first kappa shape index (κ1) is 18.0. The van der Waals surface area contributed by atoms with Gasteiger partial charge in [0.15, 0.2) is 5.78 Å². The van der Waals surface area contributed by atoms with Crippen molar-refractivity contribution in [2.45, 2.75) is 39.7 Å². The zero-order chi connectivity index (χ0) is 16.9. The number of carbonyl (C=O) groups excluding carboxylic acids is 1. The van der Waals surface area contributed by atoms with Crippen molar-refractivity contribution in [1.29, 1.82) is 0 Å². The van der Waals surface area contributed by atoms with Gasteiger partial charge in [0.1, 0.15) is 6.04 Å². The molecule has 0 spiro atoms. The lowest BCUT2D eigenvalue weighted by Crippen LogP contribution is -2.30. The van der Waals surface area contributed by atoms with E-state index in [0.29, 0.717) is 11.3 Å². The summed E-state index contributed by atoms with van der Waals surface area (Å²) < 4.78 is 0. The predicted molar refractivity (Wildman–Crippen MR) is 88.3 cm³/mol. The van der Waals surface area contributed by atoms with E-state index >= 15 is 0 Å². The third kappa shape index (κ3) is 4.21. The molecule has 0 radical (unpaired) electrons. The zero-order valence-electron chi connectivity index (χ0n) is 13.4. The molecule has 0 saturated heterocycles. The maximum atomic E-state index is 12.3. The molecule has 0 fully saturated rings. The number of carboxylic acid groups (broad SMARTS) is 1. The maximum absolute atomic E-state index is 12.3. The largest absolute Gasteiger partial charge is 0.480 e. The minimum Gasteiger partial charge on any atom is -0.480 e. The van der Waals surface area contributed by atoms with Crippen LogP contribution in [-0.2, 0) is 4.79 Å². The molecule has 0 heterocycles. The highest BCUT2D eigenvalue weighted by Crippen LogP contribution is 2.27. The van der Waals surface area contributed by atoms with E-state index < -0.39 is 12.0 Å². The molecule has 1 atom stereocenters. The molecule has 0 saturated carbocycles. The molecule has 0 amide bonds. The number of aliphatic carboxylic acids is 1. The standard InChI is InChI=1S/C16H25N3O3/c1-4-19(5-2)11-8-10(3)15(18)12(9-11)14(20)7-6-13(17)16(21)22/h8-9,13H,4-7,17-18H2,1-3H3,(H,21,22). The number of nitrogen functional groups attached to an aromatic ring is 1. The molecule has 6 heteroatoms. The van der Waals surface area contributed by atoms with Gasteiger partial charge >= 0.3 is 5.97 Å². The smallest absolute Gasteiger partial charge is 0.320 e. The van der Waals surface area contributed by atoms with E-state index in [1.54, 1.807) is 6.07 Å². The number of carbonyl (C=O) groups is 2. The van der Waals surface area contributed by atoms with Crippen LogP contribution in [0.2, 0.25) is 0 Å². The number of nitrogens with two attached hydrogens (primary N) is 2. The third-order valence-corrected chi connectivity index (χ3v) is 3.80. The fraction of sp³-hybridized carbons (Fsp3) is 0.500.